The zero-order chi connectivity index (χ0) is 14.6. The highest BCUT2D eigenvalue weighted by molar-refractivity contribution is 9.10. The van der Waals surface area contributed by atoms with Gasteiger partial charge >= 0.3 is 5.97 Å². The number of nitriles is 1. The smallest absolute Gasteiger partial charge is 0.337 e. The van der Waals surface area contributed by atoms with E-state index in [1.54, 1.807) is 13.0 Å². The Bertz CT molecular complexity index is 548. The Hall–Kier alpha value is -1.71. The van der Waals surface area contributed by atoms with E-state index in [1.807, 2.05) is 6.07 Å². The molecule has 0 aliphatic carbocycles. The van der Waals surface area contributed by atoms with E-state index in [4.69, 9.17) is 10.4 Å². The third-order valence-corrected chi connectivity index (χ3v) is 2.97. The predicted molar refractivity (Wildman–Crippen MR) is 71.1 cm³/mol. The summed E-state index contributed by atoms with van der Waals surface area (Å²) < 4.78 is 0. The number of rotatable bonds is 5. The van der Waals surface area contributed by atoms with E-state index in [-0.39, 0.29) is 23.3 Å². The first-order valence-electron chi connectivity index (χ1n) is 5.47. The Morgan fingerprint density at radius 3 is 2.58 bits per heavy atom. The summed E-state index contributed by atoms with van der Waals surface area (Å²) in [6.45, 7) is 1.61. The van der Waals surface area contributed by atoms with Gasteiger partial charge < -0.3 is 10.2 Å². The molecule has 1 aromatic carbocycles. The predicted octanol–water partition coefficient (Wildman–Crippen LogP) is 1.84. The highest BCUT2D eigenvalue weighted by Crippen LogP contribution is 2.23. The van der Waals surface area contributed by atoms with Crippen molar-refractivity contribution in [2.45, 2.75) is 24.3 Å². The second-order valence-corrected chi connectivity index (χ2v) is 5.35. The van der Waals surface area contributed by atoms with Gasteiger partial charge in [-0.1, -0.05) is 34.1 Å². The number of nitrogens with zero attached hydrogens (tertiary/aromatic N) is 1. The molecular formula is C13H12BrNO4. The maximum atomic E-state index is 11.9. The lowest BCUT2D eigenvalue weighted by Gasteiger charge is -2.14. The second-order valence-electron chi connectivity index (χ2n) is 3.98. The Kier molecular flexibility index (Phi) is 5.21. The first-order chi connectivity index (χ1) is 8.88. The number of hydrogen-bond donors (Lipinski definition) is 2. The average molecular weight is 326 g/mol. The molecule has 0 fully saturated rings. The van der Waals surface area contributed by atoms with Crippen molar-refractivity contribution in [1.29, 1.82) is 5.26 Å². The molecule has 0 heterocycles. The van der Waals surface area contributed by atoms with E-state index < -0.39 is 16.9 Å². The molecule has 0 amide bonds. The van der Waals surface area contributed by atoms with Crippen LogP contribution in [0.25, 0.3) is 0 Å². The van der Waals surface area contributed by atoms with Crippen LogP contribution in [-0.2, 0) is 11.2 Å². The van der Waals surface area contributed by atoms with Crippen LogP contribution < -0.4 is 0 Å². The van der Waals surface area contributed by atoms with Crippen molar-refractivity contribution >= 4 is 27.7 Å². The molecule has 1 aromatic rings. The Labute approximate surface area is 118 Å². The number of carboxylic acid groups (broad SMARTS) is 1. The summed E-state index contributed by atoms with van der Waals surface area (Å²) in [5.74, 6) is -1.76. The fourth-order valence-electron chi connectivity index (χ4n) is 1.61. The van der Waals surface area contributed by atoms with Crippen LogP contribution in [0.5, 0.6) is 0 Å². The number of Topliss-reactive ketones (excluding diaryl/α,β-unsaturated/α-hetero) is 1. The average Bonchev–Trinajstić information content (AvgIpc) is 2.37. The lowest BCUT2D eigenvalue weighted by atomic mass is 9.95. The number of aliphatic hydroxyl groups excluding tert-OH is 1. The highest BCUT2D eigenvalue weighted by Gasteiger charge is 2.24. The lowest BCUT2D eigenvalue weighted by Crippen LogP contribution is -2.18. The van der Waals surface area contributed by atoms with E-state index in [9.17, 15) is 14.7 Å². The monoisotopic (exact) mass is 325 g/mol. The summed E-state index contributed by atoms with van der Waals surface area (Å²) in [6.07, 6.45) is -1.71. The number of ketones is 1. The number of aliphatic carboxylic acids is 1. The SMILES string of the molecule is CC(Br)C(=O)c1ccc(CC#N)cc1C(O)C(=O)O. The molecule has 100 valence electrons. The molecule has 2 unspecified atom stereocenters. The van der Waals surface area contributed by atoms with Gasteiger partial charge in [-0.05, 0) is 12.5 Å². The van der Waals surface area contributed by atoms with Crippen LogP contribution in [0.4, 0.5) is 0 Å². The number of hydrogen-bond acceptors (Lipinski definition) is 4. The standard InChI is InChI=1S/C13H12BrNO4/c1-7(14)11(16)9-3-2-8(4-5-15)6-10(9)12(17)13(18)19/h2-3,6-7,12,17H,4H2,1H3,(H,18,19). The molecule has 1 rings (SSSR count). The summed E-state index contributed by atoms with van der Waals surface area (Å²) in [5.41, 5.74) is 0.703. The minimum absolute atomic E-state index is 0.0107. The van der Waals surface area contributed by atoms with Crippen molar-refractivity contribution in [1.82, 2.24) is 0 Å². The molecule has 0 aliphatic heterocycles. The number of aliphatic hydroxyl groups is 1. The molecule has 6 heteroatoms. The van der Waals surface area contributed by atoms with Crippen LogP contribution >= 0.6 is 15.9 Å². The normalized spacial score (nSPS) is 13.4. The maximum absolute atomic E-state index is 11.9. The summed E-state index contributed by atoms with van der Waals surface area (Å²) in [4.78, 5) is 22.3. The van der Waals surface area contributed by atoms with Gasteiger partial charge in [0.25, 0.3) is 0 Å². The van der Waals surface area contributed by atoms with Crippen molar-refractivity contribution in [2.24, 2.45) is 0 Å². The van der Waals surface area contributed by atoms with Crippen LogP contribution in [0.2, 0.25) is 0 Å². The van der Waals surface area contributed by atoms with Crippen LogP contribution in [0.15, 0.2) is 18.2 Å². The first-order valence-corrected chi connectivity index (χ1v) is 6.39. The van der Waals surface area contributed by atoms with Crippen molar-refractivity contribution < 1.29 is 19.8 Å². The van der Waals surface area contributed by atoms with E-state index in [1.165, 1.54) is 12.1 Å². The zero-order valence-corrected chi connectivity index (χ0v) is 11.7. The van der Waals surface area contributed by atoms with Gasteiger partial charge in [0, 0.05) is 11.1 Å². The van der Waals surface area contributed by atoms with Crippen LogP contribution in [0.3, 0.4) is 0 Å². The molecule has 5 nitrogen and oxygen atoms in total. The van der Waals surface area contributed by atoms with Gasteiger partial charge in [-0.2, -0.15) is 5.26 Å². The van der Waals surface area contributed by atoms with E-state index in [0.29, 0.717) is 5.56 Å². The fraction of sp³-hybridized carbons (Fsp3) is 0.308. The summed E-state index contributed by atoms with van der Waals surface area (Å²) in [7, 11) is 0. The molecule has 0 aliphatic rings. The number of carboxylic acids is 1. The molecule has 0 radical (unpaired) electrons. The molecule has 19 heavy (non-hydrogen) atoms. The highest BCUT2D eigenvalue weighted by atomic mass is 79.9. The van der Waals surface area contributed by atoms with Gasteiger partial charge in [0.05, 0.1) is 17.3 Å². The van der Waals surface area contributed by atoms with Gasteiger partial charge in [0.2, 0.25) is 0 Å². The van der Waals surface area contributed by atoms with E-state index >= 15 is 0 Å². The lowest BCUT2D eigenvalue weighted by molar-refractivity contribution is -0.146. The van der Waals surface area contributed by atoms with Gasteiger partial charge in [-0.25, -0.2) is 4.79 Å². The third-order valence-electron chi connectivity index (χ3n) is 2.55. The van der Waals surface area contributed by atoms with E-state index in [0.717, 1.165) is 0 Å². The minimum atomic E-state index is -1.79. The van der Waals surface area contributed by atoms with Gasteiger partial charge in [0.15, 0.2) is 11.9 Å². The summed E-state index contributed by atoms with van der Waals surface area (Å²) >= 11 is 3.12. The molecule has 0 saturated heterocycles. The van der Waals surface area contributed by atoms with Gasteiger partial charge in [-0.3, -0.25) is 4.79 Å². The number of benzene rings is 1. The Morgan fingerprint density at radius 1 is 1.47 bits per heavy atom. The van der Waals surface area contributed by atoms with E-state index in [2.05, 4.69) is 15.9 Å². The zero-order valence-electron chi connectivity index (χ0n) is 10.1. The Morgan fingerprint density at radius 2 is 2.11 bits per heavy atom. The van der Waals surface area contributed by atoms with Crippen molar-refractivity contribution in [2.75, 3.05) is 0 Å². The summed E-state index contributed by atoms with van der Waals surface area (Å²) in [6, 6.07) is 6.32. The molecule has 0 aromatic heterocycles. The molecule has 0 spiro atoms. The number of carbonyl (C=O) groups is 2. The van der Waals surface area contributed by atoms with Crippen molar-refractivity contribution in [3.63, 3.8) is 0 Å². The number of carbonyl (C=O) groups excluding carboxylic acids is 1. The van der Waals surface area contributed by atoms with Crippen molar-refractivity contribution in [3.05, 3.63) is 34.9 Å². The largest absolute Gasteiger partial charge is 0.479 e. The molecule has 0 bridgehead atoms. The maximum Gasteiger partial charge on any atom is 0.337 e. The summed E-state index contributed by atoms with van der Waals surface area (Å²) in [5, 5.41) is 27.1. The van der Waals surface area contributed by atoms with Crippen LogP contribution in [0, 0.1) is 11.3 Å². The van der Waals surface area contributed by atoms with Crippen LogP contribution in [-0.4, -0.2) is 26.8 Å². The molecule has 0 saturated carbocycles. The third kappa shape index (κ3) is 3.63. The second kappa shape index (κ2) is 6.45. The minimum Gasteiger partial charge on any atom is -0.479 e. The van der Waals surface area contributed by atoms with Gasteiger partial charge in [-0.15, -0.1) is 0 Å². The number of halogens is 1. The topological polar surface area (TPSA) is 98.4 Å². The molecular weight excluding hydrogens is 314 g/mol. The molecule has 2 N–H and O–H groups in total. The first kappa shape index (κ1) is 15.3. The van der Waals surface area contributed by atoms with Crippen molar-refractivity contribution in [3.8, 4) is 6.07 Å². The van der Waals surface area contributed by atoms with Gasteiger partial charge in [0.1, 0.15) is 0 Å². The van der Waals surface area contributed by atoms with Crippen LogP contribution in [0.1, 0.15) is 34.5 Å². The quantitative estimate of drug-likeness (QED) is 0.635. The fourth-order valence-corrected chi connectivity index (χ4v) is 1.86. The Balaban J connectivity index is 3.35. The number of alkyl halides is 1. The molecule has 2 atom stereocenters.